The molecule has 2 heterocycles. The second-order valence-electron chi connectivity index (χ2n) is 5.27. The van der Waals surface area contributed by atoms with Gasteiger partial charge >= 0.3 is 0 Å². The predicted octanol–water partition coefficient (Wildman–Crippen LogP) is 2.52. The maximum absolute atomic E-state index is 9.13. The lowest BCUT2D eigenvalue weighted by Crippen LogP contribution is -2.17. The van der Waals surface area contributed by atoms with Crippen molar-refractivity contribution < 1.29 is 0 Å². The zero-order chi connectivity index (χ0) is 13.4. The molecule has 0 bridgehead atoms. The van der Waals surface area contributed by atoms with E-state index in [1.807, 2.05) is 18.2 Å². The molecule has 0 amide bonds. The van der Waals surface area contributed by atoms with E-state index in [0.717, 1.165) is 30.7 Å². The molecular formula is C14H16N4S. The Hall–Kier alpha value is -1.64. The average molecular weight is 272 g/mol. The summed E-state index contributed by atoms with van der Waals surface area (Å²) in [6, 6.07) is 7.98. The Morgan fingerprint density at radius 2 is 2.37 bits per heavy atom. The molecule has 0 aliphatic carbocycles. The summed E-state index contributed by atoms with van der Waals surface area (Å²) in [6.07, 6.45) is 1.21. The summed E-state index contributed by atoms with van der Waals surface area (Å²) < 4.78 is 2.85. The van der Waals surface area contributed by atoms with E-state index < -0.39 is 0 Å². The molecule has 1 fully saturated rings. The molecule has 1 aromatic carbocycles. The van der Waals surface area contributed by atoms with Crippen LogP contribution in [0.1, 0.15) is 12.0 Å². The van der Waals surface area contributed by atoms with Crippen molar-refractivity contribution in [3.63, 3.8) is 0 Å². The first-order valence-corrected chi connectivity index (χ1v) is 6.90. The third-order valence-corrected chi connectivity index (χ3v) is 4.18. The highest BCUT2D eigenvalue weighted by Gasteiger charge is 2.21. The summed E-state index contributed by atoms with van der Waals surface area (Å²) >= 11 is 5.41. The molecule has 1 aromatic heterocycles. The molecule has 98 valence electrons. The zero-order valence-corrected chi connectivity index (χ0v) is 11.7. The smallest absolute Gasteiger partial charge is 0.178 e. The first-order chi connectivity index (χ1) is 9.19. The number of likely N-dealkylation sites (tertiary alicyclic amines) is 1. The molecule has 1 aliphatic rings. The predicted molar refractivity (Wildman–Crippen MR) is 77.4 cm³/mol. The maximum atomic E-state index is 9.13. The van der Waals surface area contributed by atoms with Crippen molar-refractivity contribution in [3.05, 3.63) is 28.5 Å². The highest BCUT2D eigenvalue weighted by molar-refractivity contribution is 7.71. The number of para-hydroxylation sites is 1. The lowest BCUT2D eigenvalue weighted by molar-refractivity contribution is 0.379. The Kier molecular flexibility index (Phi) is 3.13. The van der Waals surface area contributed by atoms with Gasteiger partial charge in [-0.1, -0.05) is 6.07 Å². The minimum atomic E-state index is 0.640. The molecule has 3 rings (SSSR count). The fourth-order valence-electron chi connectivity index (χ4n) is 2.89. The number of imidazole rings is 1. The van der Waals surface area contributed by atoms with Crippen LogP contribution in [-0.4, -0.2) is 34.6 Å². The maximum Gasteiger partial charge on any atom is 0.178 e. The standard InChI is InChI=1S/C14H16N4S/c1-17-6-5-10(8-17)9-18-12-4-2-3-11(7-15)13(12)16-14(18)19/h2-4,10H,5-6,8-9H2,1H3,(H,16,19). The highest BCUT2D eigenvalue weighted by atomic mass is 32.1. The van der Waals surface area contributed by atoms with Gasteiger partial charge < -0.3 is 14.5 Å². The monoisotopic (exact) mass is 272 g/mol. The summed E-state index contributed by atoms with van der Waals surface area (Å²) in [4.78, 5) is 5.52. The number of fused-ring (bicyclic) bond motifs is 1. The van der Waals surface area contributed by atoms with E-state index in [4.69, 9.17) is 17.5 Å². The number of nitrogens with one attached hydrogen (secondary N) is 1. The summed E-state index contributed by atoms with van der Waals surface area (Å²) in [6.45, 7) is 3.20. The number of H-pyrrole nitrogens is 1. The van der Waals surface area contributed by atoms with Crippen molar-refractivity contribution in [2.75, 3.05) is 20.1 Å². The largest absolute Gasteiger partial charge is 0.329 e. The van der Waals surface area contributed by atoms with E-state index in [9.17, 15) is 0 Å². The summed E-state index contributed by atoms with van der Waals surface area (Å²) in [5, 5.41) is 9.13. The molecule has 5 heteroatoms. The van der Waals surface area contributed by atoms with Gasteiger partial charge in [-0.25, -0.2) is 0 Å². The Morgan fingerprint density at radius 3 is 3.05 bits per heavy atom. The minimum Gasteiger partial charge on any atom is -0.329 e. The first-order valence-electron chi connectivity index (χ1n) is 6.49. The molecule has 0 saturated carbocycles. The van der Waals surface area contributed by atoms with Crippen molar-refractivity contribution in [2.24, 2.45) is 5.92 Å². The van der Waals surface area contributed by atoms with E-state index in [0.29, 0.717) is 16.3 Å². The molecule has 1 N–H and O–H groups in total. The summed E-state index contributed by atoms with van der Waals surface area (Å²) in [7, 11) is 2.16. The molecular weight excluding hydrogens is 256 g/mol. The van der Waals surface area contributed by atoms with Gasteiger partial charge in [-0.3, -0.25) is 0 Å². The average Bonchev–Trinajstić information content (AvgIpc) is 2.94. The van der Waals surface area contributed by atoms with Gasteiger partial charge in [-0.05, 0) is 50.3 Å². The number of nitrogens with zero attached hydrogens (tertiary/aromatic N) is 3. The second kappa shape index (κ2) is 4.80. The van der Waals surface area contributed by atoms with Gasteiger partial charge in [0, 0.05) is 13.1 Å². The molecule has 0 spiro atoms. The van der Waals surface area contributed by atoms with Crippen LogP contribution in [0.15, 0.2) is 18.2 Å². The van der Waals surface area contributed by atoms with Gasteiger partial charge in [0.05, 0.1) is 16.6 Å². The Labute approximate surface area is 117 Å². The van der Waals surface area contributed by atoms with Crippen LogP contribution < -0.4 is 0 Å². The number of aromatic nitrogens is 2. The van der Waals surface area contributed by atoms with E-state index in [2.05, 4.69) is 27.6 Å². The van der Waals surface area contributed by atoms with Gasteiger partial charge in [0.15, 0.2) is 4.77 Å². The van der Waals surface area contributed by atoms with E-state index >= 15 is 0 Å². The number of hydrogen-bond acceptors (Lipinski definition) is 3. The Bertz CT molecular complexity index is 706. The van der Waals surface area contributed by atoms with Crippen LogP contribution in [0.2, 0.25) is 0 Å². The van der Waals surface area contributed by atoms with E-state index in [1.165, 1.54) is 6.42 Å². The Balaban J connectivity index is 2.02. The van der Waals surface area contributed by atoms with Gasteiger partial charge in [-0.2, -0.15) is 5.26 Å². The molecule has 1 atom stereocenters. The molecule has 1 aliphatic heterocycles. The van der Waals surface area contributed by atoms with Crippen LogP contribution in [-0.2, 0) is 6.54 Å². The molecule has 0 radical (unpaired) electrons. The lowest BCUT2D eigenvalue weighted by Gasteiger charge is -2.12. The lowest BCUT2D eigenvalue weighted by atomic mass is 10.1. The van der Waals surface area contributed by atoms with Crippen molar-refractivity contribution >= 4 is 23.3 Å². The topological polar surface area (TPSA) is 47.8 Å². The number of rotatable bonds is 2. The fraction of sp³-hybridized carbons (Fsp3) is 0.429. The fourth-order valence-corrected chi connectivity index (χ4v) is 3.16. The van der Waals surface area contributed by atoms with Gasteiger partial charge in [0.25, 0.3) is 0 Å². The van der Waals surface area contributed by atoms with Gasteiger partial charge in [-0.15, -0.1) is 0 Å². The summed E-state index contributed by atoms with van der Waals surface area (Å²) in [5.41, 5.74) is 2.56. The van der Waals surface area contributed by atoms with E-state index in [-0.39, 0.29) is 0 Å². The molecule has 1 unspecified atom stereocenters. The van der Waals surface area contributed by atoms with Crippen molar-refractivity contribution in [1.82, 2.24) is 14.5 Å². The number of benzene rings is 1. The van der Waals surface area contributed by atoms with Crippen LogP contribution >= 0.6 is 12.2 Å². The van der Waals surface area contributed by atoms with Crippen LogP contribution in [0.25, 0.3) is 11.0 Å². The molecule has 2 aromatic rings. The van der Waals surface area contributed by atoms with Crippen LogP contribution in [0.4, 0.5) is 0 Å². The number of hydrogen-bond donors (Lipinski definition) is 1. The molecule has 4 nitrogen and oxygen atoms in total. The number of nitriles is 1. The second-order valence-corrected chi connectivity index (χ2v) is 5.66. The normalized spacial score (nSPS) is 19.9. The SMILES string of the molecule is CN1CCC(Cn2c(=S)[nH]c3c(C#N)cccc32)C1. The van der Waals surface area contributed by atoms with Crippen LogP contribution in [0.3, 0.4) is 0 Å². The third kappa shape index (κ3) is 2.18. The third-order valence-electron chi connectivity index (χ3n) is 3.86. The number of aromatic amines is 1. The first kappa shape index (κ1) is 12.4. The van der Waals surface area contributed by atoms with Gasteiger partial charge in [0.1, 0.15) is 6.07 Å². The minimum absolute atomic E-state index is 0.640. The van der Waals surface area contributed by atoms with Crippen LogP contribution in [0.5, 0.6) is 0 Å². The highest BCUT2D eigenvalue weighted by Crippen LogP contribution is 2.22. The van der Waals surface area contributed by atoms with Crippen LogP contribution in [0, 0.1) is 22.0 Å². The quantitative estimate of drug-likeness (QED) is 0.855. The van der Waals surface area contributed by atoms with Crippen molar-refractivity contribution in [3.8, 4) is 6.07 Å². The summed E-state index contributed by atoms with van der Waals surface area (Å²) in [5.74, 6) is 0.640. The Morgan fingerprint density at radius 1 is 1.53 bits per heavy atom. The van der Waals surface area contributed by atoms with Crippen molar-refractivity contribution in [2.45, 2.75) is 13.0 Å². The molecule has 19 heavy (non-hydrogen) atoms. The van der Waals surface area contributed by atoms with Gasteiger partial charge in [0.2, 0.25) is 0 Å². The molecule has 1 saturated heterocycles. The van der Waals surface area contributed by atoms with Crippen molar-refractivity contribution in [1.29, 1.82) is 5.26 Å². The zero-order valence-electron chi connectivity index (χ0n) is 10.9. The van der Waals surface area contributed by atoms with E-state index in [1.54, 1.807) is 0 Å².